The average molecular weight is 359 g/mol. The second kappa shape index (κ2) is 7.60. The molecule has 0 spiro atoms. The van der Waals surface area contributed by atoms with Crippen LogP contribution in [-0.4, -0.2) is 43.3 Å². The molecule has 1 aromatic heterocycles. The van der Waals surface area contributed by atoms with Crippen LogP contribution in [-0.2, 0) is 4.79 Å². The molecular weight excluding hydrogens is 332 g/mol. The standard InChI is InChI=1S/C19H26N4OS/c1-12-8-10-16(11-9-12)17-20-19(22-21-17)25-15(4)18(24)23-13(2)6-5-7-14(23)3/h8-11,13-15H,5-7H2,1-4H3,(H,20,21,22). The smallest absolute Gasteiger partial charge is 0.236 e. The molecule has 1 N–H and O–H groups in total. The van der Waals surface area contributed by atoms with Crippen LogP contribution in [0.3, 0.4) is 0 Å². The van der Waals surface area contributed by atoms with Crippen LogP contribution in [0.1, 0.15) is 45.6 Å². The Morgan fingerprint density at radius 1 is 1.24 bits per heavy atom. The Morgan fingerprint density at radius 3 is 2.52 bits per heavy atom. The number of aromatic nitrogens is 3. The summed E-state index contributed by atoms with van der Waals surface area (Å²) >= 11 is 1.42. The first-order chi connectivity index (χ1) is 12.0. The highest BCUT2D eigenvalue weighted by molar-refractivity contribution is 8.00. The maximum atomic E-state index is 12.9. The molecule has 1 amide bonds. The van der Waals surface area contributed by atoms with Crippen LogP contribution >= 0.6 is 11.8 Å². The molecule has 3 unspecified atom stereocenters. The quantitative estimate of drug-likeness (QED) is 0.838. The van der Waals surface area contributed by atoms with E-state index in [1.54, 1.807) is 0 Å². The van der Waals surface area contributed by atoms with E-state index in [1.807, 2.05) is 19.1 Å². The zero-order chi connectivity index (χ0) is 18.0. The minimum atomic E-state index is -0.190. The number of benzene rings is 1. The van der Waals surface area contributed by atoms with Gasteiger partial charge in [-0.15, -0.1) is 5.10 Å². The van der Waals surface area contributed by atoms with Crippen molar-refractivity contribution >= 4 is 17.7 Å². The van der Waals surface area contributed by atoms with Gasteiger partial charge in [0.25, 0.3) is 0 Å². The Balaban J connectivity index is 1.67. The fourth-order valence-corrected chi connectivity index (χ4v) is 4.19. The zero-order valence-electron chi connectivity index (χ0n) is 15.3. The topological polar surface area (TPSA) is 61.9 Å². The van der Waals surface area contributed by atoms with Crippen LogP contribution in [0, 0.1) is 6.92 Å². The van der Waals surface area contributed by atoms with Crippen LogP contribution in [0.25, 0.3) is 11.4 Å². The summed E-state index contributed by atoms with van der Waals surface area (Å²) in [6.07, 6.45) is 3.38. The van der Waals surface area contributed by atoms with Crippen molar-refractivity contribution < 1.29 is 4.79 Å². The van der Waals surface area contributed by atoms with Gasteiger partial charge in [-0.2, -0.15) is 0 Å². The molecule has 0 saturated carbocycles. The van der Waals surface area contributed by atoms with Crippen LogP contribution < -0.4 is 0 Å². The van der Waals surface area contributed by atoms with Gasteiger partial charge in [-0.1, -0.05) is 41.6 Å². The molecule has 6 heteroatoms. The summed E-state index contributed by atoms with van der Waals surface area (Å²) in [6.45, 7) is 8.30. The molecule has 1 aromatic carbocycles. The van der Waals surface area contributed by atoms with E-state index >= 15 is 0 Å². The van der Waals surface area contributed by atoms with Crippen molar-refractivity contribution in [2.75, 3.05) is 0 Å². The summed E-state index contributed by atoms with van der Waals surface area (Å²) in [5, 5.41) is 7.68. The van der Waals surface area contributed by atoms with Gasteiger partial charge in [0, 0.05) is 17.6 Å². The third-order valence-corrected chi connectivity index (χ3v) is 5.82. The Morgan fingerprint density at radius 2 is 1.88 bits per heavy atom. The van der Waals surface area contributed by atoms with Crippen molar-refractivity contribution in [1.82, 2.24) is 20.1 Å². The van der Waals surface area contributed by atoms with Gasteiger partial charge in [0.2, 0.25) is 11.1 Å². The number of nitrogens with one attached hydrogen (secondary N) is 1. The molecule has 0 radical (unpaired) electrons. The number of aryl methyl sites for hydroxylation is 1. The third kappa shape index (κ3) is 4.06. The van der Waals surface area contributed by atoms with Crippen molar-refractivity contribution in [2.45, 2.75) is 69.4 Å². The van der Waals surface area contributed by atoms with Crippen molar-refractivity contribution in [3.05, 3.63) is 29.8 Å². The second-order valence-electron chi connectivity index (χ2n) is 6.97. The maximum absolute atomic E-state index is 12.9. The van der Waals surface area contributed by atoms with E-state index in [4.69, 9.17) is 0 Å². The van der Waals surface area contributed by atoms with Gasteiger partial charge < -0.3 is 4.90 Å². The van der Waals surface area contributed by atoms with E-state index < -0.39 is 0 Å². The van der Waals surface area contributed by atoms with Gasteiger partial charge in [0.05, 0.1) is 5.25 Å². The Hall–Kier alpha value is -1.82. The van der Waals surface area contributed by atoms with Crippen molar-refractivity contribution in [1.29, 1.82) is 0 Å². The number of hydrogen-bond donors (Lipinski definition) is 1. The third-order valence-electron chi connectivity index (χ3n) is 4.87. The molecule has 3 rings (SSSR count). The summed E-state index contributed by atoms with van der Waals surface area (Å²) in [4.78, 5) is 19.5. The molecular formula is C19H26N4OS. The van der Waals surface area contributed by atoms with E-state index in [2.05, 4.69) is 53.0 Å². The van der Waals surface area contributed by atoms with Gasteiger partial charge in [0.1, 0.15) is 0 Å². The lowest BCUT2D eigenvalue weighted by molar-refractivity contribution is -0.136. The van der Waals surface area contributed by atoms with Crippen molar-refractivity contribution in [2.24, 2.45) is 0 Å². The largest absolute Gasteiger partial charge is 0.336 e. The van der Waals surface area contributed by atoms with Gasteiger partial charge in [0.15, 0.2) is 5.82 Å². The van der Waals surface area contributed by atoms with Gasteiger partial charge in [-0.25, -0.2) is 4.98 Å². The van der Waals surface area contributed by atoms with E-state index in [0.717, 1.165) is 24.2 Å². The fraction of sp³-hybridized carbons (Fsp3) is 0.526. The minimum absolute atomic E-state index is 0.186. The predicted molar refractivity (Wildman–Crippen MR) is 101 cm³/mol. The number of amides is 1. The number of nitrogens with zero attached hydrogens (tertiary/aromatic N) is 3. The van der Waals surface area contributed by atoms with Gasteiger partial charge in [-0.3, -0.25) is 9.89 Å². The molecule has 0 aliphatic carbocycles. The van der Waals surface area contributed by atoms with E-state index in [-0.39, 0.29) is 11.2 Å². The highest BCUT2D eigenvalue weighted by atomic mass is 32.2. The Kier molecular flexibility index (Phi) is 5.47. The summed E-state index contributed by atoms with van der Waals surface area (Å²) in [5.41, 5.74) is 2.21. The van der Waals surface area contributed by atoms with E-state index in [9.17, 15) is 4.79 Å². The number of thioether (sulfide) groups is 1. The molecule has 134 valence electrons. The first-order valence-electron chi connectivity index (χ1n) is 8.94. The molecule has 1 aliphatic rings. The predicted octanol–water partition coefficient (Wildman–Crippen LogP) is 4.05. The summed E-state index contributed by atoms with van der Waals surface area (Å²) in [7, 11) is 0. The lowest BCUT2D eigenvalue weighted by Gasteiger charge is -2.40. The van der Waals surface area contributed by atoms with Crippen LogP contribution in [0.2, 0.25) is 0 Å². The zero-order valence-corrected chi connectivity index (χ0v) is 16.1. The lowest BCUT2D eigenvalue weighted by atomic mass is 9.97. The number of H-pyrrole nitrogens is 1. The van der Waals surface area contributed by atoms with Gasteiger partial charge in [-0.05, 0) is 47.0 Å². The summed E-state index contributed by atoms with van der Waals surface area (Å²) in [6, 6.07) is 8.78. The molecule has 1 fully saturated rings. The summed E-state index contributed by atoms with van der Waals surface area (Å²) < 4.78 is 0. The van der Waals surface area contributed by atoms with Gasteiger partial charge >= 0.3 is 0 Å². The maximum Gasteiger partial charge on any atom is 0.236 e. The minimum Gasteiger partial charge on any atom is -0.336 e. The Bertz CT molecular complexity index is 717. The van der Waals surface area contributed by atoms with Crippen molar-refractivity contribution in [3.8, 4) is 11.4 Å². The van der Waals surface area contributed by atoms with Crippen molar-refractivity contribution in [3.63, 3.8) is 0 Å². The molecule has 25 heavy (non-hydrogen) atoms. The number of rotatable bonds is 4. The molecule has 0 bridgehead atoms. The first-order valence-corrected chi connectivity index (χ1v) is 9.82. The number of hydrogen-bond acceptors (Lipinski definition) is 4. The van der Waals surface area contributed by atoms with Crippen LogP contribution in [0.4, 0.5) is 0 Å². The summed E-state index contributed by atoms with van der Waals surface area (Å²) in [5.74, 6) is 0.924. The molecule has 1 aliphatic heterocycles. The second-order valence-corrected chi connectivity index (χ2v) is 8.28. The monoisotopic (exact) mass is 358 g/mol. The SMILES string of the molecule is Cc1ccc(-c2nc(SC(C)C(=O)N3C(C)CCCC3C)n[nH]2)cc1. The molecule has 5 nitrogen and oxygen atoms in total. The van der Waals surface area contributed by atoms with Crippen LogP contribution in [0.15, 0.2) is 29.4 Å². The number of piperidine rings is 1. The normalized spacial score (nSPS) is 22.0. The Labute approximate surface area is 153 Å². The first kappa shape index (κ1) is 18.0. The number of likely N-dealkylation sites (tertiary alicyclic amines) is 1. The highest BCUT2D eigenvalue weighted by Crippen LogP contribution is 2.28. The molecule has 3 atom stereocenters. The molecule has 1 saturated heterocycles. The number of aromatic amines is 1. The van der Waals surface area contributed by atoms with E-state index in [1.165, 1.54) is 23.7 Å². The highest BCUT2D eigenvalue weighted by Gasteiger charge is 2.32. The molecule has 2 heterocycles. The average Bonchev–Trinajstić information content (AvgIpc) is 3.03. The fourth-order valence-electron chi connectivity index (χ4n) is 3.41. The molecule has 2 aromatic rings. The van der Waals surface area contributed by atoms with Crippen LogP contribution in [0.5, 0.6) is 0 Å². The lowest BCUT2D eigenvalue weighted by Crippen LogP contribution is -2.50. The number of carbonyl (C=O) groups excluding carboxylic acids is 1. The van der Waals surface area contributed by atoms with E-state index in [0.29, 0.717) is 17.2 Å². The number of carbonyl (C=O) groups is 1.